The lowest BCUT2D eigenvalue weighted by atomic mass is 10.1. The van der Waals surface area contributed by atoms with Crippen LogP contribution in [0.2, 0.25) is 5.02 Å². The van der Waals surface area contributed by atoms with Crippen LogP contribution in [-0.2, 0) is 6.42 Å². The first kappa shape index (κ1) is 28.5. The van der Waals surface area contributed by atoms with Crippen molar-refractivity contribution in [2.75, 3.05) is 0 Å². The molecule has 2 rings (SSSR count). The fourth-order valence-electron chi connectivity index (χ4n) is 2.91. The molecule has 2 unspecified atom stereocenters. The molecule has 0 saturated carbocycles. The third kappa shape index (κ3) is 8.18. The Morgan fingerprint density at radius 1 is 1.47 bits per heavy atom. The van der Waals surface area contributed by atoms with E-state index in [0.29, 0.717) is 52.2 Å². The number of nitrogens with two attached hydrogens (primary N) is 1. The SMILES string of the molecule is C=C(N)C(=N\C(Cl)=C/I)/C(=C/CC)NC(=C)c1cc(CCC(C)(F)P)nn1-c1ncccc1Cl. The molecule has 0 aliphatic carbocycles. The minimum absolute atomic E-state index is 0.237. The lowest BCUT2D eigenvalue weighted by molar-refractivity contribution is 0.295. The van der Waals surface area contributed by atoms with Gasteiger partial charge in [-0.1, -0.05) is 58.6 Å². The van der Waals surface area contributed by atoms with Crippen LogP contribution in [0.15, 0.2) is 69.3 Å². The van der Waals surface area contributed by atoms with E-state index in [-0.39, 0.29) is 17.3 Å². The predicted molar refractivity (Wildman–Crippen MR) is 153 cm³/mol. The van der Waals surface area contributed by atoms with E-state index in [0.717, 1.165) is 0 Å². The van der Waals surface area contributed by atoms with Crippen LogP contribution < -0.4 is 11.1 Å². The summed E-state index contributed by atoms with van der Waals surface area (Å²) in [6.07, 6.45) is 4.89. The van der Waals surface area contributed by atoms with E-state index in [4.69, 9.17) is 28.9 Å². The number of aromatic nitrogens is 3. The lowest BCUT2D eigenvalue weighted by Crippen LogP contribution is -2.24. The second-order valence-electron chi connectivity index (χ2n) is 7.57. The van der Waals surface area contributed by atoms with Crippen molar-refractivity contribution in [3.8, 4) is 5.82 Å². The van der Waals surface area contributed by atoms with Gasteiger partial charge in [-0.2, -0.15) is 5.10 Å². The second-order valence-corrected chi connectivity index (χ2v) is 10.2. The molecule has 182 valence electrons. The molecule has 34 heavy (non-hydrogen) atoms. The molecule has 0 aromatic carbocycles. The third-order valence-electron chi connectivity index (χ3n) is 4.44. The first-order valence-electron chi connectivity index (χ1n) is 10.3. The average Bonchev–Trinajstić information content (AvgIpc) is 3.19. The molecule has 0 spiro atoms. The number of alkyl halides is 1. The minimum atomic E-state index is -1.41. The lowest BCUT2D eigenvalue weighted by Gasteiger charge is -2.17. The highest BCUT2D eigenvalue weighted by molar-refractivity contribution is 14.1. The van der Waals surface area contributed by atoms with Crippen molar-refractivity contribution in [1.29, 1.82) is 0 Å². The van der Waals surface area contributed by atoms with E-state index in [1.807, 2.05) is 41.7 Å². The highest BCUT2D eigenvalue weighted by atomic mass is 127. The Balaban J connectivity index is 2.53. The van der Waals surface area contributed by atoms with Crippen LogP contribution in [0.4, 0.5) is 4.39 Å². The zero-order valence-electron chi connectivity index (χ0n) is 19.0. The van der Waals surface area contributed by atoms with Crippen LogP contribution >= 0.6 is 55.0 Å². The Bertz CT molecular complexity index is 1150. The van der Waals surface area contributed by atoms with Gasteiger partial charge in [0.05, 0.1) is 33.5 Å². The van der Waals surface area contributed by atoms with E-state index in [1.54, 1.807) is 27.1 Å². The summed E-state index contributed by atoms with van der Waals surface area (Å²) in [6, 6.07) is 5.27. The van der Waals surface area contributed by atoms with Crippen molar-refractivity contribution in [2.45, 2.75) is 38.5 Å². The van der Waals surface area contributed by atoms with E-state index >= 15 is 0 Å². The Labute approximate surface area is 225 Å². The molecule has 2 aromatic heterocycles. The Morgan fingerprint density at radius 3 is 2.74 bits per heavy atom. The average molecular weight is 635 g/mol. The maximum absolute atomic E-state index is 14.1. The number of allylic oxidation sites excluding steroid dienone is 1. The van der Waals surface area contributed by atoms with Gasteiger partial charge in [-0.3, -0.25) is 0 Å². The molecule has 6 nitrogen and oxygen atoms in total. The van der Waals surface area contributed by atoms with E-state index in [1.165, 1.54) is 6.92 Å². The molecule has 2 aromatic rings. The standard InChI is InChI=1S/C23H27Cl2FIN6P/c1-5-7-18(21(14(2)28)31-20(25)13-27)30-15(3)19-12-16(9-10-23(4,26)34)32-33(19)22-17(24)8-6-11-29-22/h6-8,11-13,30H,2-3,5,9-10,28,34H2,1,4H3/b18-7-,20-13-,31-21+. The Kier molecular flexibility index (Phi) is 10.7. The molecular weight excluding hydrogens is 608 g/mol. The van der Waals surface area contributed by atoms with Crippen molar-refractivity contribution < 1.29 is 4.39 Å². The van der Waals surface area contributed by atoms with Gasteiger partial charge < -0.3 is 11.1 Å². The maximum Gasteiger partial charge on any atom is 0.172 e. The summed E-state index contributed by atoms with van der Waals surface area (Å²) in [5.41, 5.74) is 8.96. The number of aryl methyl sites for hydroxylation is 1. The molecule has 0 amide bonds. The van der Waals surface area contributed by atoms with Crippen molar-refractivity contribution >= 4 is 66.4 Å². The van der Waals surface area contributed by atoms with Crippen LogP contribution in [-0.4, -0.2) is 25.9 Å². The van der Waals surface area contributed by atoms with Crippen molar-refractivity contribution in [1.82, 2.24) is 20.1 Å². The first-order chi connectivity index (χ1) is 16.0. The second kappa shape index (κ2) is 12.8. The van der Waals surface area contributed by atoms with Gasteiger partial charge in [-0.25, -0.2) is 19.0 Å². The quantitative estimate of drug-likeness (QED) is 0.125. The molecule has 0 radical (unpaired) electrons. The van der Waals surface area contributed by atoms with Gasteiger partial charge in [0.25, 0.3) is 0 Å². The normalized spacial score (nSPS) is 14.6. The Morgan fingerprint density at radius 2 is 2.18 bits per heavy atom. The molecule has 2 atom stereocenters. The monoisotopic (exact) mass is 634 g/mol. The molecule has 2 heterocycles. The van der Waals surface area contributed by atoms with Crippen molar-refractivity contribution in [3.63, 3.8) is 0 Å². The van der Waals surface area contributed by atoms with Gasteiger partial charge >= 0.3 is 0 Å². The molecule has 0 bridgehead atoms. The maximum atomic E-state index is 14.1. The van der Waals surface area contributed by atoms with Gasteiger partial charge in [0.2, 0.25) is 0 Å². The van der Waals surface area contributed by atoms with Gasteiger partial charge in [-0.05, 0) is 67.0 Å². The van der Waals surface area contributed by atoms with Crippen molar-refractivity contribution in [3.05, 3.63) is 80.7 Å². The van der Waals surface area contributed by atoms with Crippen LogP contribution in [0.1, 0.15) is 38.1 Å². The zero-order valence-corrected chi connectivity index (χ0v) is 23.8. The molecule has 0 aliphatic rings. The number of nitrogens with one attached hydrogen (secondary N) is 1. The molecule has 3 N–H and O–H groups in total. The highest BCUT2D eigenvalue weighted by Gasteiger charge is 2.21. The topological polar surface area (TPSA) is 81.1 Å². The summed E-state index contributed by atoms with van der Waals surface area (Å²) < 4.78 is 17.3. The largest absolute Gasteiger partial charge is 0.397 e. The molecular formula is C23H27Cl2FIN6P. The van der Waals surface area contributed by atoms with Crippen LogP contribution in [0.25, 0.3) is 11.5 Å². The molecule has 0 aliphatic heterocycles. The number of hydrogen-bond donors (Lipinski definition) is 2. The summed E-state index contributed by atoms with van der Waals surface area (Å²) in [6.45, 7) is 11.5. The van der Waals surface area contributed by atoms with Gasteiger partial charge in [-0.15, -0.1) is 0 Å². The summed E-state index contributed by atoms with van der Waals surface area (Å²) in [7, 11) is 2.20. The van der Waals surface area contributed by atoms with Crippen molar-refractivity contribution in [2.24, 2.45) is 10.7 Å². The molecule has 11 heteroatoms. The predicted octanol–water partition coefficient (Wildman–Crippen LogP) is 6.65. The van der Waals surface area contributed by atoms with Crippen LogP contribution in [0.3, 0.4) is 0 Å². The first-order valence-corrected chi connectivity index (χ1v) is 12.9. The van der Waals surface area contributed by atoms with Gasteiger partial charge in [0.1, 0.15) is 16.3 Å². The summed E-state index contributed by atoms with van der Waals surface area (Å²) in [5, 5.41) is 7.15. The number of hydrogen-bond acceptors (Lipinski definition) is 5. The summed E-state index contributed by atoms with van der Waals surface area (Å²) in [4.78, 5) is 8.72. The zero-order chi connectivity index (χ0) is 25.5. The van der Waals surface area contributed by atoms with Crippen LogP contribution in [0, 0.1) is 0 Å². The summed E-state index contributed by atoms with van der Waals surface area (Å²) >= 11 is 14.5. The minimum Gasteiger partial charge on any atom is -0.397 e. The van der Waals surface area contributed by atoms with Gasteiger partial charge in [0.15, 0.2) is 5.82 Å². The number of aliphatic imine (C=N–C) groups is 1. The number of rotatable bonds is 11. The third-order valence-corrected chi connectivity index (χ3v) is 6.18. The molecule has 0 saturated heterocycles. The van der Waals surface area contributed by atoms with E-state index < -0.39 is 5.41 Å². The van der Waals surface area contributed by atoms with Gasteiger partial charge in [0, 0.05) is 10.3 Å². The molecule has 0 fully saturated rings. The number of nitrogens with zero attached hydrogens (tertiary/aromatic N) is 4. The highest BCUT2D eigenvalue weighted by Crippen LogP contribution is 2.28. The fraction of sp³-hybridized carbons (Fsp3) is 0.261. The Hall–Kier alpha value is -1.74. The number of halogens is 4. The summed E-state index contributed by atoms with van der Waals surface area (Å²) in [5.74, 6) is 0.427. The number of pyridine rings is 1. The van der Waals surface area contributed by atoms with Crippen LogP contribution in [0.5, 0.6) is 0 Å². The smallest absolute Gasteiger partial charge is 0.172 e. The van der Waals surface area contributed by atoms with E-state index in [9.17, 15) is 4.39 Å². The fourth-order valence-corrected chi connectivity index (χ4v) is 3.48. The van der Waals surface area contributed by atoms with E-state index in [2.05, 4.69) is 42.8 Å².